The number of alkyl halides is 6. The second-order valence-corrected chi connectivity index (χ2v) is 12.1. The minimum atomic E-state index is -4.46. The van der Waals surface area contributed by atoms with Crippen molar-refractivity contribution in [2.24, 2.45) is 0 Å². The number of fused-ring (bicyclic) bond motifs is 1. The van der Waals surface area contributed by atoms with Gasteiger partial charge in [-0.2, -0.15) is 26.3 Å². The Morgan fingerprint density at radius 2 is 0.978 bits per heavy atom. The summed E-state index contributed by atoms with van der Waals surface area (Å²) >= 11 is 0. The van der Waals surface area contributed by atoms with Crippen LogP contribution in [-0.4, -0.2) is 59.3 Å². The average molecular weight is 645 g/mol. The quantitative estimate of drug-likeness (QED) is 0.181. The second-order valence-electron chi connectivity index (χ2n) is 12.1. The molecule has 0 aliphatic carbocycles. The molecule has 244 valence electrons. The van der Waals surface area contributed by atoms with Gasteiger partial charge in [0.2, 0.25) is 11.8 Å². The Morgan fingerprint density at radius 3 is 1.28 bits per heavy atom. The number of halogens is 6. The van der Waals surface area contributed by atoms with Crippen LogP contribution in [0.2, 0.25) is 0 Å². The number of likely N-dealkylation sites (tertiary alicyclic amines) is 2. The van der Waals surface area contributed by atoms with E-state index in [4.69, 9.17) is 9.47 Å². The van der Waals surface area contributed by atoms with E-state index in [1.165, 1.54) is 24.3 Å². The molecule has 2 saturated heterocycles. The van der Waals surface area contributed by atoms with Crippen molar-refractivity contribution in [2.45, 2.75) is 62.3 Å². The molecule has 6 rings (SSSR count). The van der Waals surface area contributed by atoms with Gasteiger partial charge >= 0.3 is 12.4 Å². The fraction of sp³-hybridized carbons (Fsp3) is 0.412. The minimum Gasteiger partial charge on any atom is -0.466 e. The Kier molecular flexibility index (Phi) is 8.86. The predicted octanol–water partition coefficient (Wildman–Crippen LogP) is 8.10. The zero-order valence-corrected chi connectivity index (χ0v) is 25.4. The Hall–Kier alpha value is -3.90. The number of likely N-dealkylation sites (N-methyl/N-ethyl adjacent to an activating group) is 2. The van der Waals surface area contributed by atoms with E-state index in [9.17, 15) is 26.3 Å². The third-order valence-electron chi connectivity index (χ3n) is 9.08. The van der Waals surface area contributed by atoms with Gasteiger partial charge in [-0.15, -0.1) is 10.2 Å². The van der Waals surface area contributed by atoms with E-state index in [1.54, 1.807) is 0 Å². The monoisotopic (exact) mass is 644 g/mol. The van der Waals surface area contributed by atoms with Crippen LogP contribution in [0.1, 0.15) is 60.1 Å². The summed E-state index contributed by atoms with van der Waals surface area (Å²) in [7, 11) is 3.92. The van der Waals surface area contributed by atoms with Crippen molar-refractivity contribution in [3.63, 3.8) is 0 Å². The van der Waals surface area contributed by atoms with Gasteiger partial charge in [0.15, 0.2) is 0 Å². The first kappa shape index (κ1) is 32.1. The zero-order valence-electron chi connectivity index (χ0n) is 25.4. The summed E-state index contributed by atoms with van der Waals surface area (Å²) in [6, 6.07) is 17.0. The fourth-order valence-corrected chi connectivity index (χ4v) is 6.57. The van der Waals surface area contributed by atoms with Crippen molar-refractivity contribution >= 4 is 10.8 Å². The fourth-order valence-electron chi connectivity index (χ4n) is 6.57. The molecule has 2 aliphatic heterocycles. The molecule has 3 heterocycles. The molecule has 2 aliphatic rings. The smallest absolute Gasteiger partial charge is 0.416 e. The molecule has 12 heteroatoms. The summed E-state index contributed by atoms with van der Waals surface area (Å²) in [6.45, 7) is 1.65. The van der Waals surface area contributed by atoms with Gasteiger partial charge < -0.3 is 9.47 Å². The van der Waals surface area contributed by atoms with Gasteiger partial charge in [0, 0.05) is 0 Å². The molecule has 4 aromatic rings. The molecule has 2 fully saturated rings. The van der Waals surface area contributed by atoms with Gasteiger partial charge in [-0.25, -0.2) is 0 Å². The normalized spacial score (nSPS) is 21.0. The minimum absolute atomic E-state index is 0.102. The molecule has 0 N–H and O–H groups in total. The van der Waals surface area contributed by atoms with Crippen molar-refractivity contribution in [3.8, 4) is 11.8 Å². The third-order valence-corrected chi connectivity index (χ3v) is 9.08. The summed E-state index contributed by atoms with van der Waals surface area (Å²) < 4.78 is 92.9. The number of hydrogen-bond acceptors (Lipinski definition) is 6. The van der Waals surface area contributed by atoms with E-state index >= 15 is 0 Å². The van der Waals surface area contributed by atoms with Gasteiger partial charge in [0.1, 0.15) is 12.2 Å². The zero-order chi connectivity index (χ0) is 32.6. The highest BCUT2D eigenvalue weighted by Crippen LogP contribution is 2.40. The molecular weight excluding hydrogens is 610 g/mol. The molecule has 4 atom stereocenters. The van der Waals surface area contributed by atoms with Crippen LogP contribution < -0.4 is 9.47 Å². The highest BCUT2D eigenvalue weighted by molar-refractivity contribution is 5.90. The molecule has 6 nitrogen and oxygen atoms in total. The van der Waals surface area contributed by atoms with Crippen LogP contribution in [0, 0.1) is 0 Å². The largest absolute Gasteiger partial charge is 0.466 e. The molecule has 3 aromatic carbocycles. The number of rotatable bonds is 8. The van der Waals surface area contributed by atoms with Crippen LogP contribution >= 0.6 is 0 Å². The first-order valence-electron chi connectivity index (χ1n) is 15.2. The summed E-state index contributed by atoms with van der Waals surface area (Å²) in [5, 5.41) is 10.00. The lowest BCUT2D eigenvalue weighted by atomic mass is 9.98. The van der Waals surface area contributed by atoms with Crippen molar-refractivity contribution in [2.75, 3.05) is 27.2 Å². The SMILES string of the molecule is CN1CCC[C@H]1[C@@H](Oc1nnc(O[C@@H](c2ccc(C(F)(F)F)cc2)[C@@H]2CCCN2C)c2ccccc12)c1ccc(C(F)(F)F)cc1. The lowest BCUT2D eigenvalue weighted by Crippen LogP contribution is -2.35. The molecular formula is C34H34F6N4O2. The van der Waals surface area contributed by atoms with Crippen molar-refractivity contribution in [1.82, 2.24) is 20.0 Å². The molecule has 0 radical (unpaired) electrons. The van der Waals surface area contributed by atoms with Crippen LogP contribution in [-0.2, 0) is 12.4 Å². The third kappa shape index (κ3) is 6.64. The van der Waals surface area contributed by atoms with E-state index in [2.05, 4.69) is 20.0 Å². The van der Waals surface area contributed by atoms with Crippen molar-refractivity contribution in [1.29, 1.82) is 0 Å². The van der Waals surface area contributed by atoms with Gasteiger partial charge in [-0.1, -0.05) is 36.4 Å². The average Bonchev–Trinajstić information content (AvgIpc) is 3.66. The summed E-state index contributed by atoms with van der Waals surface area (Å²) in [4.78, 5) is 4.25. The maximum Gasteiger partial charge on any atom is 0.416 e. The van der Waals surface area contributed by atoms with Crippen LogP contribution in [0.25, 0.3) is 10.8 Å². The van der Waals surface area contributed by atoms with E-state index < -0.39 is 35.7 Å². The van der Waals surface area contributed by atoms with Crippen molar-refractivity contribution in [3.05, 3.63) is 95.1 Å². The number of aromatic nitrogens is 2. The molecule has 46 heavy (non-hydrogen) atoms. The van der Waals surface area contributed by atoms with Gasteiger partial charge in [0.05, 0.1) is 34.0 Å². The standard InChI is InChI=1S/C34H34F6N4O2/c1-43-19-5-9-27(43)29(21-11-15-23(16-12-21)33(35,36)37)45-31-25-7-3-4-8-26(25)32(42-41-31)46-30(28-10-6-20-44(28)2)22-13-17-24(18-14-22)34(38,39)40/h3-4,7-8,11-18,27-30H,5-6,9-10,19-20H2,1-2H3/t27-,28-,29-,30-/m0/s1. The molecule has 0 saturated carbocycles. The van der Waals surface area contributed by atoms with Gasteiger partial charge in [-0.05, 0) is 100 Å². The van der Waals surface area contributed by atoms with E-state index in [1.807, 2.05) is 38.4 Å². The van der Waals surface area contributed by atoms with Gasteiger partial charge in [-0.3, -0.25) is 9.80 Å². The topological polar surface area (TPSA) is 50.7 Å². The second kappa shape index (κ2) is 12.7. The summed E-state index contributed by atoms with van der Waals surface area (Å²) in [6.07, 6.45) is -6.73. The van der Waals surface area contributed by atoms with Crippen LogP contribution in [0.5, 0.6) is 11.8 Å². The van der Waals surface area contributed by atoms with Crippen LogP contribution in [0.3, 0.4) is 0 Å². The lowest BCUT2D eigenvalue weighted by Gasteiger charge is -2.31. The van der Waals surface area contributed by atoms with Gasteiger partial charge in [0.25, 0.3) is 0 Å². The lowest BCUT2D eigenvalue weighted by molar-refractivity contribution is -0.138. The molecule has 0 unspecified atom stereocenters. The van der Waals surface area contributed by atoms with E-state index in [-0.39, 0.29) is 23.8 Å². The number of benzene rings is 3. The Bertz CT molecular complexity index is 1520. The maximum atomic E-state index is 13.3. The Morgan fingerprint density at radius 1 is 0.609 bits per heavy atom. The molecule has 0 amide bonds. The highest BCUT2D eigenvalue weighted by atomic mass is 19.4. The van der Waals surface area contributed by atoms with E-state index in [0.29, 0.717) is 21.9 Å². The van der Waals surface area contributed by atoms with E-state index in [0.717, 1.165) is 63.0 Å². The molecule has 0 bridgehead atoms. The number of nitrogens with zero attached hydrogens (tertiary/aromatic N) is 4. The maximum absolute atomic E-state index is 13.3. The molecule has 0 spiro atoms. The Balaban J connectivity index is 1.35. The Labute approximate surface area is 262 Å². The highest BCUT2D eigenvalue weighted by Gasteiger charge is 2.37. The summed E-state index contributed by atoms with van der Waals surface area (Å²) in [5.41, 5.74) is -0.303. The first-order valence-corrected chi connectivity index (χ1v) is 15.2. The molecule has 1 aromatic heterocycles. The number of ether oxygens (including phenoxy) is 2. The predicted molar refractivity (Wildman–Crippen MR) is 160 cm³/mol. The van der Waals surface area contributed by atoms with Crippen LogP contribution in [0.15, 0.2) is 72.8 Å². The van der Waals surface area contributed by atoms with Crippen molar-refractivity contribution < 1.29 is 35.8 Å². The number of hydrogen-bond donors (Lipinski definition) is 0. The summed E-state index contributed by atoms with van der Waals surface area (Å²) in [5.74, 6) is 0.412. The first-order chi connectivity index (χ1) is 21.9. The van der Waals surface area contributed by atoms with Crippen LogP contribution in [0.4, 0.5) is 26.3 Å².